The van der Waals surface area contributed by atoms with Crippen molar-refractivity contribution in [3.63, 3.8) is 0 Å². The van der Waals surface area contributed by atoms with Crippen LogP contribution in [0.5, 0.6) is 0 Å². The summed E-state index contributed by atoms with van der Waals surface area (Å²) in [7, 11) is 0. The summed E-state index contributed by atoms with van der Waals surface area (Å²) in [5, 5.41) is 0. The molecule has 1 unspecified atom stereocenters. The van der Waals surface area contributed by atoms with Crippen LogP contribution in [0.25, 0.3) is 0 Å². The van der Waals surface area contributed by atoms with Crippen molar-refractivity contribution >= 4 is 5.97 Å². The van der Waals surface area contributed by atoms with E-state index in [4.69, 9.17) is 9.47 Å². The monoisotopic (exact) mass is 269 g/mol. The van der Waals surface area contributed by atoms with Gasteiger partial charge in [0.1, 0.15) is 0 Å². The number of ether oxygens (including phenoxy) is 2. The van der Waals surface area contributed by atoms with Crippen molar-refractivity contribution in [3.05, 3.63) is 0 Å². The summed E-state index contributed by atoms with van der Waals surface area (Å²) in [6, 6.07) is 0. The van der Waals surface area contributed by atoms with Gasteiger partial charge in [-0.25, -0.2) is 0 Å². The second-order valence-electron chi connectivity index (χ2n) is 6.39. The Bertz CT molecular complexity index is 317. The van der Waals surface area contributed by atoms with Gasteiger partial charge in [0.25, 0.3) is 0 Å². The lowest BCUT2D eigenvalue weighted by Crippen LogP contribution is -2.43. The molecule has 2 aliphatic rings. The molecule has 0 spiro atoms. The van der Waals surface area contributed by atoms with Gasteiger partial charge < -0.3 is 9.47 Å². The minimum atomic E-state index is -0.0279. The van der Waals surface area contributed by atoms with E-state index in [2.05, 4.69) is 18.7 Å². The maximum absolute atomic E-state index is 11.8. The molecule has 0 N–H and O–H groups in total. The first-order chi connectivity index (χ1) is 9.00. The summed E-state index contributed by atoms with van der Waals surface area (Å²) >= 11 is 0. The Morgan fingerprint density at radius 3 is 2.84 bits per heavy atom. The summed E-state index contributed by atoms with van der Waals surface area (Å²) in [5.74, 6) is 0.0305. The second-order valence-corrected chi connectivity index (χ2v) is 6.39. The van der Waals surface area contributed by atoms with Gasteiger partial charge in [0, 0.05) is 13.1 Å². The van der Waals surface area contributed by atoms with Crippen LogP contribution in [0.3, 0.4) is 0 Å². The van der Waals surface area contributed by atoms with Crippen molar-refractivity contribution < 1.29 is 14.3 Å². The van der Waals surface area contributed by atoms with E-state index >= 15 is 0 Å². The molecule has 0 aromatic rings. The standard InChI is InChI=1S/C15H27NO3/c1-4-18-14(17)12-6-5-9-16(10-12)11-13-7-8-15(2,3)19-13/h12-13H,4-11H2,1-3H3/t12-,13?/m1/s1. The fraction of sp³-hybridized carbons (Fsp3) is 0.933. The minimum Gasteiger partial charge on any atom is -0.466 e. The smallest absolute Gasteiger partial charge is 0.310 e. The predicted octanol–water partition coefficient (Wildman–Crippen LogP) is 2.22. The number of rotatable bonds is 4. The average Bonchev–Trinajstić information content (AvgIpc) is 2.69. The largest absolute Gasteiger partial charge is 0.466 e. The van der Waals surface area contributed by atoms with Gasteiger partial charge in [-0.1, -0.05) is 0 Å². The fourth-order valence-corrected chi connectivity index (χ4v) is 3.17. The molecule has 0 amide bonds. The Balaban J connectivity index is 1.80. The van der Waals surface area contributed by atoms with E-state index in [0.29, 0.717) is 12.7 Å². The maximum atomic E-state index is 11.8. The molecule has 2 aliphatic heterocycles. The van der Waals surface area contributed by atoms with E-state index in [1.807, 2.05) is 6.92 Å². The molecule has 0 aliphatic carbocycles. The molecule has 19 heavy (non-hydrogen) atoms. The van der Waals surface area contributed by atoms with Crippen LogP contribution in [0, 0.1) is 5.92 Å². The molecule has 2 atom stereocenters. The fourth-order valence-electron chi connectivity index (χ4n) is 3.17. The molecule has 110 valence electrons. The number of esters is 1. The number of carbonyl (C=O) groups excluding carboxylic acids is 1. The van der Waals surface area contributed by atoms with Crippen molar-refractivity contribution in [2.24, 2.45) is 5.92 Å². The molecule has 2 fully saturated rings. The van der Waals surface area contributed by atoms with Crippen LogP contribution in [0.15, 0.2) is 0 Å². The summed E-state index contributed by atoms with van der Waals surface area (Å²) in [6.45, 7) is 9.53. The minimum absolute atomic E-state index is 0.0279. The third-order valence-electron chi connectivity index (χ3n) is 4.14. The topological polar surface area (TPSA) is 38.8 Å². The normalized spacial score (nSPS) is 31.3. The van der Waals surface area contributed by atoms with Crippen LogP contribution >= 0.6 is 0 Å². The van der Waals surface area contributed by atoms with Crippen LogP contribution in [-0.2, 0) is 14.3 Å². The first-order valence-electron chi connectivity index (χ1n) is 7.57. The van der Waals surface area contributed by atoms with Gasteiger partial charge in [-0.3, -0.25) is 9.69 Å². The third kappa shape index (κ3) is 4.18. The zero-order valence-electron chi connectivity index (χ0n) is 12.5. The van der Waals surface area contributed by atoms with Crippen LogP contribution in [-0.4, -0.2) is 48.8 Å². The second kappa shape index (κ2) is 6.23. The van der Waals surface area contributed by atoms with Gasteiger partial charge >= 0.3 is 5.97 Å². The van der Waals surface area contributed by atoms with Crippen molar-refractivity contribution in [1.82, 2.24) is 4.90 Å². The van der Waals surface area contributed by atoms with Gasteiger partial charge in [0.2, 0.25) is 0 Å². The van der Waals surface area contributed by atoms with Gasteiger partial charge in [-0.15, -0.1) is 0 Å². The average molecular weight is 269 g/mol. The quantitative estimate of drug-likeness (QED) is 0.734. The summed E-state index contributed by atoms with van der Waals surface area (Å²) in [6.07, 6.45) is 4.64. The Hall–Kier alpha value is -0.610. The first kappa shape index (κ1) is 14.8. The van der Waals surface area contributed by atoms with E-state index in [-0.39, 0.29) is 17.5 Å². The van der Waals surface area contributed by atoms with Crippen molar-refractivity contribution in [2.75, 3.05) is 26.2 Å². The molecule has 0 saturated carbocycles. The highest BCUT2D eigenvalue weighted by Gasteiger charge is 2.34. The third-order valence-corrected chi connectivity index (χ3v) is 4.14. The number of piperidine rings is 1. The highest BCUT2D eigenvalue weighted by molar-refractivity contribution is 5.72. The van der Waals surface area contributed by atoms with Crippen LogP contribution < -0.4 is 0 Å². The zero-order chi connectivity index (χ0) is 13.9. The van der Waals surface area contributed by atoms with Gasteiger partial charge in [-0.05, 0) is 53.0 Å². The number of hydrogen-bond acceptors (Lipinski definition) is 4. The molecule has 2 heterocycles. The lowest BCUT2D eigenvalue weighted by molar-refractivity contribution is -0.150. The SMILES string of the molecule is CCOC(=O)[C@@H]1CCCN(CC2CCC(C)(C)O2)C1. The Morgan fingerprint density at radius 2 is 2.21 bits per heavy atom. The highest BCUT2D eigenvalue weighted by Crippen LogP contribution is 2.30. The molecule has 0 radical (unpaired) electrons. The van der Waals surface area contributed by atoms with Crippen LogP contribution in [0.4, 0.5) is 0 Å². The zero-order valence-corrected chi connectivity index (χ0v) is 12.5. The number of carbonyl (C=O) groups is 1. The molecular weight excluding hydrogens is 242 g/mol. The number of hydrogen-bond donors (Lipinski definition) is 0. The Morgan fingerprint density at radius 1 is 1.42 bits per heavy atom. The lowest BCUT2D eigenvalue weighted by Gasteiger charge is -2.33. The maximum Gasteiger partial charge on any atom is 0.310 e. The summed E-state index contributed by atoms with van der Waals surface area (Å²) < 4.78 is 11.2. The molecule has 4 heteroatoms. The van der Waals surface area contributed by atoms with E-state index in [1.165, 1.54) is 0 Å². The van der Waals surface area contributed by atoms with Crippen LogP contribution in [0.2, 0.25) is 0 Å². The van der Waals surface area contributed by atoms with Gasteiger partial charge in [-0.2, -0.15) is 0 Å². The number of nitrogens with zero attached hydrogens (tertiary/aromatic N) is 1. The van der Waals surface area contributed by atoms with E-state index in [0.717, 1.165) is 45.3 Å². The van der Waals surface area contributed by atoms with Crippen molar-refractivity contribution in [1.29, 1.82) is 0 Å². The predicted molar refractivity (Wildman–Crippen MR) is 74.0 cm³/mol. The van der Waals surface area contributed by atoms with E-state index in [1.54, 1.807) is 0 Å². The molecular formula is C15H27NO3. The first-order valence-corrected chi connectivity index (χ1v) is 7.57. The van der Waals surface area contributed by atoms with E-state index < -0.39 is 0 Å². The molecule has 2 rings (SSSR count). The Kier molecular flexibility index (Phi) is 4.85. The van der Waals surface area contributed by atoms with Crippen LogP contribution in [0.1, 0.15) is 46.5 Å². The highest BCUT2D eigenvalue weighted by atomic mass is 16.5. The summed E-state index contributed by atoms with van der Waals surface area (Å²) in [5.41, 5.74) is 0.0288. The van der Waals surface area contributed by atoms with Gasteiger partial charge in [0.05, 0.1) is 24.2 Å². The molecule has 0 bridgehead atoms. The Labute approximate surface area is 116 Å². The molecule has 0 aromatic carbocycles. The van der Waals surface area contributed by atoms with E-state index in [9.17, 15) is 4.79 Å². The van der Waals surface area contributed by atoms with Crippen molar-refractivity contribution in [2.45, 2.75) is 58.2 Å². The molecule has 4 nitrogen and oxygen atoms in total. The molecule has 2 saturated heterocycles. The lowest BCUT2D eigenvalue weighted by atomic mass is 9.97. The van der Waals surface area contributed by atoms with Gasteiger partial charge in [0.15, 0.2) is 0 Å². The number of likely N-dealkylation sites (tertiary alicyclic amines) is 1. The molecule has 0 aromatic heterocycles. The summed E-state index contributed by atoms with van der Waals surface area (Å²) in [4.78, 5) is 14.2. The van der Waals surface area contributed by atoms with Crippen molar-refractivity contribution in [3.8, 4) is 0 Å².